The van der Waals surface area contributed by atoms with Crippen molar-refractivity contribution >= 4 is 0 Å². The van der Waals surface area contributed by atoms with Gasteiger partial charge in [0.05, 0.1) is 26.0 Å². The van der Waals surface area contributed by atoms with Gasteiger partial charge in [-0.3, -0.25) is 0 Å². The zero-order valence-corrected chi connectivity index (χ0v) is 12.9. The molecule has 2 rings (SSSR count). The summed E-state index contributed by atoms with van der Waals surface area (Å²) in [7, 11) is 0. The molecule has 1 fully saturated rings. The van der Waals surface area contributed by atoms with Gasteiger partial charge in [-0.2, -0.15) is 0 Å². The summed E-state index contributed by atoms with van der Waals surface area (Å²) in [5, 5.41) is 3.44. The molecule has 1 aromatic rings. The molecule has 2 heterocycles. The topological polar surface area (TPSA) is 43.6 Å². The Bertz CT molecular complexity index is 389. The Hall–Kier alpha value is -0.840. The normalized spacial score (nSPS) is 17.6. The summed E-state index contributed by atoms with van der Waals surface area (Å²) in [4.78, 5) is 0. The predicted molar refractivity (Wildman–Crippen MR) is 78.5 cm³/mol. The molecule has 4 heteroatoms. The van der Waals surface area contributed by atoms with E-state index in [0.29, 0.717) is 12.5 Å². The number of furan rings is 1. The van der Waals surface area contributed by atoms with Crippen LogP contribution in [0.25, 0.3) is 0 Å². The highest BCUT2D eigenvalue weighted by Crippen LogP contribution is 2.17. The van der Waals surface area contributed by atoms with Crippen LogP contribution in [0.3, 0.4) is 0 Å². The van der Waals surface area contributed by atoms with Crippen LogP contribution in [-0.2, 0) is 22.6 Å². The van der Waals surface area contributed by atoms with Crippen molar-refractivity contribution in [3.05, 3.63) is 23.7 Å². The molecule has 0 aliphatic carbocycles. The van der Waals surface area contributed by atoms with Gasteiger partial charge in [0.1, 0.15) is 5.76 Å². The third-order valence-corrected chi connectivity index (χ3v) is 3.57. The van der Waals surface area contributed by atoms with Gasteiger partial charge in [0, 0.05) is 24.3 Å². The molecule has 1 saturated heterocycles. The molecule has 0 aromatic carbocycles. The van der Waals surface area contributed by atoms with Crippen LogP contribution < -0.4 is 5.32 Å². The third kappa shape index (κ3) is 5.27. The van der Waals surface area contributed by atoms with Crippen LogP contribution in [0.2, 0.25) is 0 Å². The fourth-order valence-electron chi connectivity index (χ4n) is 2.24. The monoisotopic (exact) mass is 281 g/mol. The second-order valence-corrected chi connectivity index (χ2v) is 6.54. The van der Waals surface area contributed by atoms with E-state index in [9.17, 15) is 0 Å². The van der Waals surface area contributed by atoms with Crippen molar-refractivity contribution in [3.8, 4) is 0 Å². The maximum absolute atomic E-state index is 5.85. The van der Waals surface area contributed by atoms with Crippen LogP contribution in [0.15, 0.2) is 16.7 Å². The van der Waals surface area contributed by atoms with Crippen LogP contribution in [0.5, 0.6) is 0 Å². The van der Waals surface area contributed by atoms with Gasteiger partial charge >= 0.3 is 0 Å². The quantitative estimate of drug-likeness (QED) is 0.870. The van der Waals surface area contributed by atoms with Gasteiger partial charge in [-0.25, -0.2) is 0 Å². The molecule has 0 bridgehead atoms. The van der Waals surface area contributed by atoms with Gasteiger partial charge in [-0.15, -0.1) is 0 Å². The summed E-state index contributed by atoms with van der Waals surface area (Å²) >= 11 is 0. The lowest BCUT2D eigenvalue weighted by Crippen LogP contribution is -2.35. The van der Waals surface area contributed by atoms with Gasteiger partial charge in [0.2, 0.25) is 0 Å². The van der Waals surface area contributed by atoms with E-state index in [2.05, 4.69) is 26.1 Å². The van der Waals surface area contributed by atoms with E-state index in [-0.39, 0.29) is 5.54 Å². The number of hydrogen-bond acceptors (Lipinski definition) is 4. The lowest BCUT2D eigenvalue weighted by atomic mass is 10.0. The molecule has 0 spiro atoms. The summed E-state index contributed by atoms with van der Waals surface area (Å²) in [6, 6.07) is 2.00. The molecule has 0 amide bonds. The lowest BCUT2D eigenvalue weighted by Gasteiger charge is -2.22. The first-order chi connectivity index (χ1) is 9.54. The fraction of sp³-hybridized carbons (Fsp3) is 0.750. The van der Waals surface area contributed by atoms with Gasteiger partial charge in [-0.1, -0.05) is 0 Å². The molecule has 0 unspecified atom stereocenters. The second-order valence-electron chi connectivity index (χ2n) is 6.54. The Kier molecular flexibility index (Phi) is 5.64. The molecular weight excluding hydrogens is 254 g/mol. The lowest BCUT2D eigenvalue weighted by molar-refractivity contribution is 0.0154. The molecule has 20 heavy (non-hydrogen) atoms. The molecule has 1 aliphatic rings. The van der Waals surface area contributed by atoms with Crippen molar-refractivity contribution in [2.24, 2.45) is 5.92 Å². The average Bonchev–Trinajstić information content (AvgIpc) is 2.84. The summed E-state index contributed by atoms with van der Waals surface area (Å²) in [5.74, 6) is 1.62. The minimum absolute atomic E-state index is 0.0903. The number of ether oxygens (including phenoxy) is 2. The molecule has 0 saturated carbocycles. The highest BCUT2D eigenvalue weighted by atomic mass is 16.5. The largest absolute Gasteiger partial charge is 0.468 e. The Balaban J connectivity index is 1.74. The van der Waals surface area contributed by atoms with Crippen molar-refractivity contribution in [2.45, 2.75) is 52.3 Å². The van der Waals surface area contributed by atoms with Gasteiger partial charge in [-0.05, 0) is 45.6 Å². The summed E-state index contributed by atoms with van der Waals surface area (Å²) < 4.78 is 16.7. The molecule has 0 atom stereocenters. The van der Waals surface area contributed by atoms with E-state index in [1.54, 1.807) is 6.26 Å². The highest BCUT2D eigenvalue weighted by molar-refractivity contribution is 5.16. The van der Waals surface area contributed by atoms with E-state index in [0.717, 1.165) is 50.5 Å². The van der Waals surface area contributed by atoms with Crippen molar-refractivity contribution in [1.82, 2.24) is 5.32 Å². The maximum atomic E-state index is 5.85. The first kappa shape index (κ1) is 15.5. The minimum Gasteiger partial charge on any atom is -0.468 e. The van der Waals surface area contributed by atoms with E-state index in [1.807, 2.05) is 6.07 Å². The molecule has 1 aliphatic heterocycles. The first-order valence-electron chi connectivity index (χ1n) is 7.50. The summed E-state index contributed by atoms with van der Waals surface area (Å²) in [6.45, 7) is 10.4. The zero-order valence-electron chi connectivity index (χ0n) is 12.9. The number of rotatable bonds is 6. The van der Waals surface area contributed by atoms with Crippen LogP contribution in [0.1, 0.15) is 44.9 Å². The smallest absolute Gasteiger partial charge is 0.123 e. The average molecular weight is 281 g/mol. The third-order valence-electron chi connectivity index (χ3n) is 3.57. The van der Waals surface area contributed by atoms with E-state index in [1.165, 1.54) is 0 Å². The van der Waals surface area contributed by atoms with Crippen molar-refractivity contribution < 1.29 is 13.9 Å². The Morgan fingerprint density at radius 1 is 1.30 bits per heavy atom. The molecule has 1 N–H and O–H groups in total. The molecule has 4 nitrogen and oxygen atoms in total. The van der Waals surface area contributed by atoms with Crippen LogP contribution in [0.4, 0.5) is 0 Å². The Labute approximate surface area is 121 Å². The van der Waals surface area contributed by atoms with Crippen molar-refractivity contribution in [2.75, 3.05) is 19.8 Å². The molecule has 0 radical (unpaired) electrons. The van der Waals surface area contributed by atoms with Crippen molar-refractivity contribution in [1.29, 1.82) is 0 Å². The van der Waals surface area contributed by atoms with Gasteiger partial charge in [0.25, 0.3) is 0 Å². The molecule has 114 valence electrons. The van der Waals surface area contributed by atoms with E-state index in [4.69, 9.17) is 13.9 Å². The van der Waals surface area contributed by atoms with Gasteiger partial charge in [0.15, 0.2) is 0 Å². The number of nitrogens with one attached hydrogen (secondary N) is 1. The summed E-state index contributed by atoms with van der Waals surface area (Å²) in [6.07, 6.45) is 3.97. The first-order valence-corrected chi connectivity index (χ1v) is 7.50. The van der Waals surface area contributed by atoms with E-state index >= 15 is 0 Å². The van der Waals surface area contributed by atoms with Crippen LogP contribution in [-0.4, -0.2) is 25.4 Å². The Morgan fingerprint density at radius 3 is 2.75 bits per heavy atom. The maximum Gasteiger partial charge on any atom is 0.123 e. The highest BCUT2D eigenvalue weighted by Gasteiger charge is 2.15. The Morgan fingerprint density at radius 2 is 2.05 bits per heavy atom. The van der Waals surface area contributed by atoms with E-state index < -0.39 is 0 Å². The number of hydrogen-bond donors (Lipinski definition) is 1. The van der Waals surface area contributed by atoms with Gasteiger partial charge < -0.3 is 19.2 Å². The zero-order chi connectivity index (χ0) is 14.4. The van der Waals surface area contributed by atoms with Crippen molar-refractivity contribution in [3.63, 3.8) is 0 Å². The molecular formula is C16H27NO3. The fourth-order valence-corrected chi connectivity index (χ4v) is 2.24. The minimum atomic E-state index is 0.0903. The second kappa shape index (κ2) is 7.25. The standard InChI is InChI=1S/C16H27NO3/c1-16(2,3)17-10-15-14(6-9-20-15)12-19-11-13-4-7-18-8-5-13/h6,9,13,17H,4-5,7-8,10-12H2,1-3H3. The summed E-state index contributed by atoms with van der Waals surface area (Å²) in [5.41, 5.74) is 1.24. The molecule has 1 aromatic heterocycles. The van der Waals surface area contributed by atoms with Crippen LogP contribution in [0, 0.1) is 5.92 Å². The van der Waals surface area contributed by atoms with Crippen LogP contribution >= 0.6 is 0 Å². The predicted octanol–water partition coefficient (Wildman–Crippen LogP) is 3.11. The SMILES string of the molecule is CC(C)(C)NCc1occc1COCC1CCOCC1.